The molecule has 5 atom stereocenters. The summed E-state index contributed by atoms with van der Waals surface area (Å²) in [7, 11) is 0. The van der Waals surface area contributed by atoms with E-state index >= 15 is 0 Å². The Morgan fingerprint density at radius 1 is 0.850 bits per heavy atom. The first kappa shape index (κ1) is 45.1. The zero-order chi connectivity index (χ0) is 43.2. The number of benzene rings is 1. The Bertz CT molecular complexity index is 1840. The van der Waals surface area contributed by atoms with Gasteiger partial charge in [-0.2, -0.15) is 0 Å². The second-order valence-electron chi connectivity index (χ2n) is 16.1. The van der Waals surface area contributed by atoms with Crippen molar-refractivity contribution in [2.45, 2.75) is 115 Å². The van der Waals surface area contributed by atoms with Gasteiger partial charge in [0, 0.05) is 31.5 Å². The topological polar surface area (TPSA) is 247 Å². The number of rotatable bonds is 19. The van der Waals surface area contributed by atoms with Crippen molar-refractivity contribution >= 4 is 47.3 Å². The van der Waals surface area contributed by atoms with Gasteiger partial charge in [-0.1, -0.05) is 76.8 Å². The lowest BCUT2D eigenvalue weighted by molar-refractivity contribution is -0.140. The van der Waals surface area contributed by atoms with Gasteiger partial charge in [-0.05, 0) is 49.5 Å². The number of nitrogens with zero attached hydrogens (tertiary/aromatic N) is 3. The van der Waals surface area contributed by atoms with E-state index in [4.69, 9.17) is 4.74 Å². The number of carbonyl (C=O) groups is 8. The van der Waals surface area contributed by atoms with Crippen LogP contribution in [-0.2, 0) is 40.1 Å². The highest BCUT2D eigenvalue weighted by molar-refractivity contribution is 6.38. The minimum atomic E-state index is -1.14. The molecule has 1 aromatic heterocycles. The van der Waals surface area contributed by atoms with E-state index in [-0.39, 0.29) is 43.8 Å². The molecule has 2 saturated carbocycles. The minimum absolute atomic E-state index is 0.0136. The molecule has 2 aromatic rings. The molecular formula is C42H57N9O9. The monoisotopic (exact) mass is 831 g/mol. The maximum Gasteiger partial charge on any atom is 0.407 e. The fraction of sp³-hybridized carbons (Fsp3) is 0.571. The van der Waals surface area contributed by atoms with E-state index in [1.54, 1.807) is 38.1 Å². The highest BCUT2D eigenvalue weighted by atomic mass is 16.5. The van der Waals surface area contributed by atoms with Crippen LogP contribution in [0.4, 0.5) is 4.79 Å². The van der Waals surface area contributed by atoms with Gasteiger partial charge in [-0.3, -0.25) is 38.5 Å². The third-order valence-corrected chi connectivity index (χ3v) is 11.0. The number of alkyl carbamates (subject to hydrolysis) is 1. The van der Waals surface area contributed by atoms with Gasteiger partial charge in [0.05, 0.1) is 24.2 Å². The maximum atomic E-state index is 14.2. The predicted molar refractivity (Wildman–Crippen MR) is 216 cm³/mol. The Kier molecular flexibility index (Phi) is 16.5. The molecule has 2 heterocycles. The summed E-state index contributed by atoms with van der Waals surface area (Å²) in [5.41, 5.74) is 0.794. The molecule has 18 heteroatoms. The van der Waals surface area contributed by atoms with Gasteiger partial charge in [0.25, 0.3) is 11.8 Å². The van der Waals surface area contributed by atoms with Crippen molar-refractivity contribution < 1.29 is 43.1 Å². The maximum absolute atomic E-state index is 14.2. The average Bonchev–Trinajstić information content (AvgIpc) is 3.98. The molecular weight excluding hydrogens is 775 g/mol. The lowest BCUT2D eigenvalue weighted by Crippen LogP contribution is -2.59. The van der Waals surface area contributed by atoms with Crippen LogP contribution in [0.2, 0.25) is 0 Å². The second kappa shape index (κ2) is 21.9. The average molecular weight is 832 g/mol. The summed E-state index contributed by atoms with van der Waals surface area (Å²) in [5.74, 6) is -6.28. The number of likely N-dealkylation sites (tertiary alicyclic amines) is 1. The summed E-state index contributed by atoms with van der Waals surface area (Å²) in [5, 5.41) is 16.3. The van der Waals surface area contributed by atoms with E-state index < -0.39 is 89.9 Å². The summed E-state index contributed by atoms with van der Waals surface area (Å²) < 4.78 is 5.22. The summed E-state index contributed by atoms with van der Waals surface area (Å²) >= 11 is 0. The van der Waals surface area contributed by atoms with Gasteiger partial charge in [0.15, 0.2) is 0 Å². The van der Waals surface area contributed by atoms with Crippen LogP contribution < -0.4 is 31.9 Å². The quantitative estimate of drug-likeness (QED) is 0.110. The van der Waals surface area contributed by atoms with Crippen LogP contribution in [0.25, 0.3) is 0 Å². The van der Waals surface area contributed by atoms with Crippen molar-refractivity contribution in [3.05, 3.63) is 60.2 Å². The van der Waals surface area contributed by atoms with Crippen molar-refractivity contribution in [1.29, 1.82) is 0 Å². The first-order valence-corrected chi connectivity index (χ1v) is 20.9. The van der Waals surface area contributed by atoms with Crippen LogP contribution in [0.5, 0.6) is 0 Å². The molecule has 0 radical (unpaired) electrons. The Labute approximate surface area is 349 Å². The summed E-state index contributed by atoms with van der Waals surface area (Å²) in [4.78, 5) is 116. The number of hydrogen-bond donors (Lipinski definition) is 6. The molecule has 0 spiro atoms. The van der Waals surface area contributed by atoms with E-state index in [2.05, 4.69) is 41.9 Å². The number of ketones is 1. The highest BCUT2D eigenvalue weighted by Gasteiger charge is 2.43. The molecule has 1 saturated heterocycles. The van der Waals surface area contributed by atoms with Gasteiger partial charge in [-0.25, -0.2) is 9.78 Å². The van der Waals surface area contributed by atoms with Crippen LogP contribution in [0.15, 0.2) is 48.9 Å². The van der Waals surface area contributed by atoms with Gasteiger partial charge >= 0.3 is 6.09 Å². The van der Waals surface area contributed by atoms with Crippen LogP contribution >= 0.6 is 0 Å². The van der Waals surface area contributed by atoms with Gasteiger partial charge < -0.3 is 41.5 Å². The summed E-state index contributed by atoms with van der Waals surface area (Å²) in [6.07, 6.45) is 9.64. The molecule has 7 amide bonds. The molecule has 0 bridgehead atoms. The lowest BCUT2D eigenvalue weighted by Gasteiger charge is -2.32. The van der Waals surface area contributed by atoms with Crippen molar-refractivity contribution in [2.75, 3.05) is 19.6 Å². The molecule has 3 aliphatic rings. The molecule has 3 fully saturated rings. The number of aromatic nitrogens is 2. The first-order chi connectivity index (χ1) is 28.8. The van der Waals surface area contributed by atoms with E-state index in [0.29, 0.717) is 19.3 Å². The van der Waals surface area contributed by atoms with Crippen molar-refractivity contribution in [1.82, 2.24) is 46.8 Å². The summed E-state index contributed by atoms with van der Waals surface area (Å²) in [6.45, 7) is 4.48. The van der Waals surface area contributed by atoms with Crippen molar-refractivity contribution in [2.24, 2.45) is 17.8 Å². The minimum Gasteiger partial charge on any atom is -0.445 e. The Morgan fingerprint density at radius 3 is 2.23 bits per heavy atom. The predicted octanol–water partition coefficient (Wildman–Crippen LogP) is 1.30. The standard InChI is InChI=1S/C42H57N9O9/c1-4-11-30(36(53)41(58)46-28-16-17-28)47-37(54)29-22-51(33(52)21-45-42(59)60-24-26-12-7-5-8-13-26)23-32(29)48-39(56)34(25(2)3)49-40(57)35(27-14-9-6-10-15-27)50-38(55)31-20-43-18-19-44-31/h5,7-8,12-13,18-20,25,27-30,32,34-35H,4,6,9-11,14-17,21-24H2,1-3H3,(H,45,59)(H,46,58)(H,47,54)(H,48,56)(H,49,57)(H,50,55)/t29-,30?,32+,34?,35+/m1/s1. The lowest BCUT2D eigenvalue weighted by atomic mass is 9.83. The molecule has 6 N–H and O–H groups in total. The Balaban J connectivity index is 1.29. The van der Waals surface area contributed by atoms with Crippen molar-refractivity contribution in [3.8, 4) is 0 Å². The molecule has 2 aliphatic carbocycles. The zero-order valence-corrected chi connectivity index (χ0v) is 34.4. The van der Waals surface area contributed by atoms with Crippen molar-refractivity contribution in [3.63, 3.8) is 0 Å². The molecule has 1 aliphatic heterocycles. The van der Waals surface area contributed by atoms with E-state index in [1.165, 1.54) is 23.5 Å². The van der Waals surface area contributed by atoms with Gasteiger partial charge in [0.2, 0.25) is 29.4 Å². The van der Waals surface area contributed by atoms with E-state index in [1.807, 2.05) is 13.0 Å². The number of nitrogens with one attached hydrogen (secondary N) is 6. The molecule has 1 aromatic carbocycles. The fourth-order valence-corrected chi connectivity index (χ4v) is 7.48. The number of ether oxygens (including phenoxy) is 1. The molecule has 324 valence electrons. The van der Waals surface area contributed by atoms with Crippen LogP contribution in [0, 0.1) is 17.8 Å². The van der Waals surface area contributed by atoms with Crippen LogP contribution in [-0.4, -0.2) is 112 Å². The number of Topliss-reactive ketones (excluding diaryl/α,β-unsaturated/α-hetero) is 1. The van der Waals surface area contributed by atoms with Crippen LogP contribution in [0.3, 0.4) is 0 Å². The van der Waals surface area contributed by atoms with E-state index in [0.717, 1.165) is 37.7 Å². The number of carbonyl (C=O) groups excluding carboxylic acids is 8. The highest BCUT2D eigenvalue weighted by Crippen LogP contribution is 2.27. The SMILES string of the molecule is CCCC(NC(=O)[C@@H]1CN(C(=O)CNC(=O)OCc2ccccc2)C[C@@H]1NC(=O)C(NC(=O)[C@@H](NC(=O)c1cnccn1)C1CCCCC1)C(C)C)C(=O)C(=O)NC1CC1. The first-order valence-electron chi connectivity index (χ1n) is 20.9. The number of amides is 7. The normalized spacial score (nSPS) is 19.2. The fourth-order valence-electron chi connectivity index (χ4n) is 7.48. The van der Waals surface area contributed by atoms with Gasteiger partial charge in [-0.15, -0.1) is 0 Å². The third-order valence-electron chi connectivity index (χ3n) is 11.0. The van der Waals surface area contributed by atoms with E-state index in [9.17, 15) is 38.4 Å². The van der Waals surface area contributed by atoms with Crippen LogP contribution in [0.1, 0.15) is 94.6 Å². The Hall–Kier alpha value is -5.94. The smallest absolute Gasteiger partial charge is 0.407 e. The Morgan fingerprint density at radius 2 is 1.58 bits per heavy atom. The zero-order valence-electron chi connectivity index (χ0n) is 34.4. The number of hydrogen-bond acceptors (Lipinski definition) is 11. The third kappa shape index (κ3) is 13.0. The molecule has 60 heavy (non-hydrogen) atoms. The molecule has 5 rings (SSSR count). The second-order valence-corrected chi connectivity index (χ2v) is 16.1. The largest absolute Gasteiger partial charge is 0.445 e. The summed E-state index contributed by atoms with van der Waals surface area (Å²) in [6, 6.07) is 4.70. The van der Waals surface area contributed by atoms with Gasteiger partial charge in [0.1, 0.15) is 30.9 Å². The molecule has 18 nitrogen and oxygen atoms in total. The molecule has 2 unspecified atom stereocenters.